The molecule has 1 aromatic heterocycles. The van der Waals surface area contributed by atoms with Crippen LogP contribution in [-0.2, 0) is 11.3 Å². The Morgan fingerprint density at radius 2 is 2.15 bits per heavy atom. The van der Waals surface area contributed by atoms with E-state index in [9.17, 15) is 5.11 Å². The van der Waals surface area contributed by atoms with Crippen LogP contribution >= 0.6 is 0 Å². The van der Waals surface area contributed by atoms with E-state index in [1.807, 2.05) is 13.1 Å². The average Bonchev–Trinajstić information content (AvgIpc) is 3.25. The number of likely N-dealkylation sites (tertiary alicyclic amines) is 1. The summed E-state index contributed by atoms with van der Waals surface area (Å²) in [6.07, 6.45) is 4.97. The quantitative estimate of drug-likeness (QED) is 0.884. The molecule has 0 amide bonds. The van der Waals surface area contributed by atoms with Crippen LogP contribution in [0.2, 0.25) is 0 Å². The van der Waals surface area contributed by atoms with Gasteiger partial charge in [0.25, 0.3) is 0 Å². The molecule has 3 atom stereocenters. The highest BCUT2D eigenvalue weighted by Crippen LogP contribution is 2.37. The fourth-order valence-corrected chi connectivity index (χ4v) is 4.50. The second-order valence-electron chi connectivity index (χ2n) is 8.10. The van der Waals surface area contributed by atoms with E-state index in [2.05, 4.69) is 46.3 Å². The van der Waals surface area contributed by atoms with Crippen molar-refractivity contribution in [1.29, 1.82) is 0 Å². The lowest BCUT2D eigenvalue weighted by Gasteiger charge is -2.43. The van der Waals surface area contributed by atoms with Crippen LogP contribution in [0.4, 0.5) is 0 Å². The molecule has 2 aliphatic heterocycles. The van der Waals surface area contributed by atoms with Crippen LogP contribution in [0.5, 0.6) is 0 Å². The number of rotatable bonds is 4. The van der Waals surface area contributed by atoms with Crippen molar-refractivity contribution < 1.29 is 9.84 Å². The molecule has 3 heterocycles. The van der Waals surface area contributed by atoms with Gasteiger partial charge >= 0.3 is 0 Å². The van der Waals surface area contributed by atoms with Crippen LogP contribution in [0, 0.1) is 12.8 Å². The molecule has 140 valence electrons. The summed E-state index contributed by atoms with van der Waals surface area (Å²) in [5.74, 6) is 0.175. The lowest BCUT2D eigenvalue weighted by atomic mass is 9.79. The van der Waals surface area contributed by atoms with Gasteiger partial charge in [0.1, 0.15) is 0 Å². The maximum absolute atomic E-state index is 10.9. The summed E-state index contributed by atoms with van der Waals surface area (Å²) >= 11 is 0. The fourth-order valence-electron chi connectivity index (χ4n) is 4.50. The minimum absolute atomic E-state index is 0.175. The zero-order valence-corrected chi connectivity index (χ0v) is 15.7. The molecular formula is C21H29N3O2. The van der Waals surface area contributed by atoms with Gasteiger partial charge < -0.3 is 9.84 Å². The number of aromatic nitrogens is 2. The minimum atomic E-state index is -0.637. The molecule has 0 radical (unpaired) electrons. The van der Waals surface area contributed by atoms with Crippen molar-refractivity contribution >= 4 is 0 Å². The zero-order valence-electron chi connectivity index (χ0n) is 15.7. The standard InChI is InChI=1S/C21H29N3O2/c1-15-5-7-16(8-6-15)20-17(12-22-23-20)13-24-10-3-4-19(24)18-14-26-11-9-21(18,2)25/h5-8,12,18-19,25H,3-4,9-11,13-14H2,1-2H3,(H,22,23). The number of aliphatic hydroxyl groups is 1. The van der Waals surface area contributed by atoms with Gasteiger partial charge in [-0.05, 0) is 45.2 Å². The number of H-pyrrole nitrogens is 1. The Labute approximate surface area is 155 Å². The van der Waals surface area contributed by atoms with Crippen LogP contribution in [0.25, 0.3) is 11.3 Å². The Bertz CT molecular complexity index is 738. The summed E-state index contributed by atoms with van der Waals surface area (Å²) < 4.78 is 5.71. The normalized spacial score (nSPS) is 30.0. The lowest BCUT2D eigenvalue weighted by molar-refractivity contribution is -0.123. The van der Waals surface area contributed by atoms with Crippen LogP contribution in [0.15, 0.2) is 30.5 Å². The monoisotopic (exact) mass is 355 g/mol. The van der Waals surface area contributed by atoms with Gasteiger partial charge in [-0.15, -0.1) is 0 Å². The highest BCUT2D eigenvalue weighted by molar-refractivity contribution is 5.62. The molecule has 4 rings (SSSR count). The first-order valence-electron chi connectivity index (χ1n) is 9.68. The predicted molar refractivity (Wildman–Crippen MR) is 102 cm³/mol. The van der Waals surface area contributed by atoms with Gasteiger partial charge in [0, 0.05) is 30.7 Å². The van der Waals surface area contributed by atoms with E-state index in [4.69, 9.17) is 4.74 Å². The topological polar surface area (TPSA) is 61.4 Å². The SMILES string of the molecule is Cc1ccc(-c2[nH]ncc2CN2CCCC2C2COCCC2(C)O)cc1. The van der Waals surface area contributed by atoms with Crippen LogP contribution < -0.4 is 0 Å². The molecule has 0 aliphatic carbocycles. The van der Waals surface area contributed by atoms with E-state index in [0.29, 0.717) is 19.3 Å². The van der Waals surface area contributed by atoms with Crippen LogP contribution in [-0.4, -0.2) is 51.6 Å². The molecule has 5 heteroatoms. The Hall–Kier alpha value is -1.69. The Kier molecular flexibility index (Phi) is 4.86. The molecular weight excluding hydrogens is 326 g/mol. The number of aromatic amines is 1. The molecule has 2 N–H and O–H groups in total. The third-order valence-electron chi connectivity index (χ3n) is 6.16. The van der Waals surface area contributed by atoms with Crippen molar-refractivity contribution in [2.75, 3.05) is 19.8 Å². The van der Waals surface area contributed by atoms with Crippen molar-refractivity contribution in [3.05, 3.63) is 41.6 Å². The summed E-state index contributed by atoms with van der Waals surface area (Å²) in [5.41, 5.74) is 4.11. The maximum atomic E-state index is 10.9. The smallest absolute Gasteiger partial charge is 0.0706 e. The average molecular weight is 355 g/mol. The first kappa shape index (κ1) is 17.7. The maximum Gasteiger partial charge on any atom is 0.0706 e. The van der Waals surface area contributed by atoms with Crippen LogP contribution in [0.3, 0.4) is 0 Å². The van der Waals surface area contributed by atoms with Gasteiger partial charge in [-0.1, -0.05) is 29.8 Å². The Morgan fingerprint density at radius 1 is 1.35 bits per heavy atom. The summed E-state index contributed by atoms with van der Waals surface area (Å²) in [6, 6.07) is 8.93. The molecule has 1 aromatic carbocycles. The van der Waals surface area contributed by atoms with Crippen molar-refractivity contribution in [2.24, 2.45) is 5.92 Å². The Morgan fingerprint density at radius 3 is 2.92 bits per heavy atom. The number of nitrogens with zero attached hydrogens (tertiary/aromatic N) is 2. The first-order valence-corrected chi connectivity index (χ1v) is 9.68. The first-order chi connectivity index (χ1) is 12.5. The van der Waals surface area contributed by atoms with Gasteiger partial charge in [-0.25, -0.2) is 0 Å². The van der Waals surface area contributed by atoms with E-state index < -0.39 is 5.60 Å². The van der Waals surface area contributed by atoms with Gasteiger partial charge in [0.2, 0.25) is 0 Å². The Balaban J connectivity index is 1.54. The van der Waals surface area contributed by atoms with Gasteiger partial charge in [-0.2, -0.15) is 5.10 Å². The molecule has 2 saturated heterocycles. The zero-order chi connectivity index (χ0) is 18.1. The molecule has 2 aromatic rings. The number of hydrogen-bond acceptors (Lipinski definition) is 4. The summed E-state index contributed by atoms with van der Waals surface area (Å²) in [6.45, 7) is 7.32. The van der Waals surface area contributed by atoms with Gasteiger partial charge in [0.05, 0.1) is 24.1 Å². The van der Waals surface area contributed by atoms with Crippen molar-refractivity contribution in [1.82, 2.24) is 15.1 Å². The molecule has 0 saturated carbocycles. The summed E-state index contributed by atoms with van der Waals surface area (Å²) in [7, 11) is 0. The fraction of sp³-hybridized carbons (Fsp3) is 0.571. The second-order valence-corrected chi connectivity index (χ2v) is 8.10. The van der Waals surface area contributed by atoms with Crippen molar-refractivity contribution in [2.45, 2.75) is 51.3 Å². The number of hydrogen-bond donors (Lipinski definition) is 2. The highest BCUT2D eigenvalue weighted by atomic mass is 16.5. The van der Waals surface area contributed by atoms with E-state index in [1.165, 1.54) is 23.1 Å². The molecule has 3 unspecified atom stereocenters. The van der Waals surface area contributed by atoms with Gasteiger partial charge in [0.15, 0.2) is 0 Å². The summed E-state index contributed by atoms with van der Waals surface area (Å²) in [4.78, 5) is 2.51. The van der Waals surface area contributed by atoms with E-state index >= 15 is 0 Å². The van der Waals surface area contributed by atoms with E-state index in [1.54, 1.807) is 0 Å². The lowest BCUT2D eigenvalue weighted by Crippen LogP contribution is -2.52. The second kappa shape index (κ2) is 7.14. The van der Waals surface area contributed by atoms with E-state index in [0.717, 1.165) is 31.6 Å². The summed E-state index contributed by atoms with van der Waals surface area (Å²) in [5, 5.41) is 18.4. The third kappa shape index (κ3) is 3.43. The molecule has 5 nitrogen and oxygen atoms in total. The molecule has 0 spiro atoms. The molecule has 2 fully saturated rings. The highest BCUT2D eigenvalue weighted by Gasteiger charge is 2.44. The molecule has 0 bridgehead atoms. The van der Waals surface area contributed by atoms with E-state index in [-0.39, 0.29) is 5.92 Å². The largest absolute Gasteiger partial charge is 0.390 e. The van der Waals surface area contributed by atoms with Crippen LogP contribution in [0.1, 0.15) is 37.3 Å². The molecule has 2 aliphatic rings. The number of ether oxygens (including phenoxy) is 1. The van der Waals surface area contributed by atoms with Gasteiger partial charge in [-0.3, -0.25) is 10.00 Å². The third-order valence-corrected chi connectivity index (χ3v) is 6.16. The minimum Gasteiger partial charge on any atom is -0.390 e. The van der Waals surface area contributed by atoms with Crippen molar-refractivity contribution in [3.8, 4) is 11.3 Å². The molecule has 26 heavy (non-hydrogen) atoms. The number of benzene rings is 1. The number of nitrogens with one attached hydrogen (secondary N) is 1. The van der Waals surface area contributed by atoms with Crippen molar-refractivity contribution in [3.63, 3.8) is 0 Å². The number of aryl methyl sites for hydroxylation is 1. The predicted octanol–water partition coefficient (Wildman–Crippen LogP) is 3.14.